The van der Waals surface area contributed by atoms with Gasteiger partial charge in [0.25, 0.3) is 5.56 Å². The Kier molecular flexibility index (Phi) is 6.33. The number of carboxylic acid groups (broad SMARTS) is 1. The molecule has 3 heterocycles. The number of H-pyrrole nitrogens is 1. The zero-order chi connectivity index (χ0) is 24.0. The van der Waals surface area contributed by atoms with E-state index >= 15 is 0 Å². The number of carbonyl (C=O) groups is 2. The number of carbonyl (C=O) groups excluding carboxylic acids is 1. The van der Waals surface area contributed by atoms with Crippen LogP contribution in [0.4, 0.5) is 5.95 Å². The molecule has 176 valence electrons. The molecule has 32 heavy (non-hydrogen) atoms. The number of nitrogens with zero attached hydrogens (tertiary/aromatic N) is 3. The van der Waals surface area contributed by atoms with Gasteiger partial charge in [-0.1, -0.05) is 34.6 Å². The molecule has 3 N–H and O–H groups in total. The Balaban J connectivity index is 1.94. The van der Waals surface area contributed by atoms with Crippen LogP contribution in [0, 0.1) is 5.92 Å². The monoisotopic (exact) mass is 465 g/mol. The second-order valence-electron chi connectivity index (χ2n) is 9.88. The molecule has 1 aliphatic heterocycles. The molecule has 2 aromatic heterocycles. The highest BCUT2D eigenvalue weighted by atomic mass is 28.4. The van der Waals surface area contributed by atoms with E-state index in [2.05, 4.69) is 54.1 Å². The molecule has 0 aliphatic carbocycles. The summed E-state index contributed by atoms with van der Waals surface area (Å²) in [6.45, 7) is 13.8. The fourth-order valence-corrected chi connectivity index (χ4v) is 4.48. The third-order valence-corrected chi connectivity index (χ3v) is 10.6. The maximum Gasteiger partial charge on any atom is 0.335 e. The van der Waals surface area contributed by atoms with E-state index in [1.54, 1.807) is 13.8 Å². The third kappa shape index (κ3) is 4.61. The number of imidazole rings is 1. The van der Waals surface area contributed by atoms with Gasteiger partial charge in [0, 0.05) is 12.3 Å². The Bertz CT molecular complexity index is 1090. The maximum atomic E-state index is 12.4. The second-order valence-corrected chi connectivity index (χ2v) is 14.6. The summed E-state index contributed by atoms with van der Waals surface area (Å²) >= 11 is 0. The molecule has 3 rings (SSSR count). The molecule has 1 aliphatic rings. The van der Waals surface area contributed by atoms with Gasteiger partial charge in [0.05, 0.1) is 12.4 Å². The lowest BCUT2D eigenvalue weighted by Crippen LogP contribution is -2.47. The van der Waals surface area contributed by atoms with Crippen LogP contribution >= 0.6 is 0 Å². The summed E-state index contributed by atoms with van der Waals surface area (Å²) in [5.41, 5.74) is -0.263. The van der Waals surface area contributed by atoms with E-state index in [0.29, 0.717) is 0 Å². The van der Waals surface area contributed by atoms with E-state index in [1.165, 1.54) is 10.9 Å². The van der Waals surface area contributed by atoms with Crippen molar-refractivity contribution >= 4 is 37.3 Å². The molecule has 0 aromatic carbocycles. The molecule has 11 nitrogen and oxygen atoms in total. The van der Waals surface area contributed by atoms with Crippen molar-refractivity contribution in [1.82, 2.24) is 19.5 Å². The zero-order valence-electron chi connectivity index (χ0n) is 19.4. The first kappa shape index (κ1) is 24.1. The molecule has 0 unspecified atom stereocenters. The van der Waals surface area contributed by atoms with Gasteiger partial charge in [-0.05, 0) is 18.1 Å². The van der Waals surface area contributed by atoms with Gasteiger partial charge >= 0.3 is 5.97 Å². The highest BCUT2D eigenvalue weighted by molar-refractivity contribution is 6.74. The Morgan fingerprint density at radius 1 is 1.38 bits per heavy atom. The third-order valence-electron chi connectivity index (χ3n) is 6.08. The number of aromatic nitrogens is 4. The van der Waals surface area contributed by atoms with E-state index in [-0.39, 0.29) is 40.4 Å². The number of anilines is 1. The van der Waals surface area contributed by atoms with Crippen LogP contribution in [0.25, 0.3) is 11.2 Å². The van der Waals surface area contributed by atoms with Crippen LogP contribution in [0.1, 0.15) is 47.3 Å². The van der Waals surface area contributed by atoms with Gasteiger partial charge in [0.1, 0.15) is 6.23 Å². The van der Waals surface area contributed by atoms with Gasteiger partial charge in [0.2, 0.25) is 11.9 Å². The molecule has 1 amide bonds. The standard InChI is InChI=1S/C20H31N5O6Si/c1-10(2)16(26)23-19-22-15-13(17(27)24-19)21-9-25(15)12-8-11(14(30-12)18(28)29)31-32(6,7)20(3,4)5/h9-12,14H,8H2,1-7H3,(H,28,29)(H2,22,23,24,26,27)/t11-,12-,14+/m1/s1. The molecule has 0 spiro atoms. The number of aliphatic carboxylic acids is 1. The van der Waals surface area contributed by atoms with E-state index < -0.39 is 38.3 Å². The Labute approximate surface area is 186 Å². The van der Waals surface area contributed by atoms with Crippen LogP contribution in [0.5, 0.6) is 0 Å². The predicted molar refractivity (Wildman–Crippen MR) is 120 cm³/mol. The number of hydrogen-bond donors (Lipinski definition) is 3. The summed E-state index contributed by atoms with van der Waals surface area (Å²) in [6, 6.07) is 0. The first-order chi connectivity index (χ1) is 14.7. The molecule has 0 radical (unpaired) electrons. The average molecular weight is 466 g/mol. The largest absolute Gasteiger partial charge is 0.479 e. The molecule has 1 fully saturated rings. The van der Waals surface area contributed by atoms with Gasteiger partial charge < -0.3 is 14.3 Å². The van der Waals surface area contributed by atoms with Crippen molar-refractivity contribution in [3.63, 3.8) is 0 Å². The number of amides is 1. The molecular weight excluding hydrogens is 434 g/mol. The van der Waals surface area contributed by atoms with Crippen molar-refractivity contribution in [2.75, 3.05) is 5.32 Å². The Hall–Kier alpha value is -2.57. The van der Waals surface area contributed by atoms with Crippen LogP contribution in [0.2, 0.25) is 18.1 Å². The summed E-state index contributed by atoms with van der Waals surface area (Å²) in [5.74, 6) is -1.73. The number of nitrogens with one attached hydrogen (secondary N) is 2. The van der Waals surface area contributed by atoms with E-state index in [0.717, 1.165) is 0 Å². The summed E-state index contributed by atoms with van der Waals surface area (Å²) in [6.07, 6.45) is -0.901. The minimum Gasteiger partial charge on any atom is -0.479 e. The second kappa shape index (κ2) is 8.41. The lowest BCUT2D eigenvalue weighted by Gasteiger charge is -2.38. The molecule has 12 heteroatoms. The van der Waals surface area contributed by atoms with Gasteiger partial charge in [0.15, 0.2) is 25.6 Å². The topological polar surface area (TPSA) is 148 Å². The van der Waals surface area contributed by atoms with Crippen LogP contribution in [0.15, 0.2) is 11.1 Å². The van der Waals surface area contributed by atoms with Crippen LogP contribution in [-0.2, 0) is 18.8 Å². The minimum atomic E-state index is -2.26. The van der Waals surface area contributed by atoms with Crippen LogP contribution < -0.4 is 10.9 Å². The van der Waals surface area contributed by atoms with Crippen molar-refractivity contribution < 1.29 is 23.9 Å². The highest BCUT2D eigenvalue weighted by Gasteiger charge is 2.47. The first-order valence-corrected chi connectivity index (χ1v) is 13.5. The predicted octanol–water partition coefficient (Wildman–Crippen LogP) is 2.48. The smallest absolute Gasteiger partial charge is 0.335 e. The van der Waals surface area contributed by atoms with Gasteiger partial charge in [-0.25, -0.2) is 9.78 Å². The Morgan fingerprint density at radius 2 is 2.03 bits per heavy atom. The van der Waals surface area contributed by atoms with Crippen molar-refractivity contribution in [3.05, 3.63) is 16.7 Å². The minimum absolute atomic E-state index is 0.00944. The summed E-state index contributed by atoms with van der Waals surface area (Å²) in [5, 5.41) is 12.2. The number of hydrogen-bond acceptors (Lipinski definition) is 7. The molecule has 0 saturated carbocycles. The van der Waals surface area contributed by atoms with E-state index in [1.807, 2.05) is 0 Å². The molecular formula is C20H31N5O6Si. The van der Waals surface area contributed by atoms with Crippen molar-refractivity contribution in [2.24, 2.45) is 5.92 Å². The SMILES string of the molecule is CC(C)C(=O)Nc1nc2c(ncn2[C@H]2C[C@@H](O[Si](C)(C)C(C)(C)C)[C@@H](C(=O)O)O2)c(=O)[nH]1. The Morgan fingerprint density at radius 3 is 2.59 bits per heavy atom. The average Bonchev–Trinajstić information content (AvgIpc) is 3.24. The summed E-state index contributed by atoms with van der Waals surface area (Å²) < 4.78 is 13.7. The number of fused-ring (bicyclic) bond motifs is 1. The van der Waals surface area contributed by atoms with Crippen molar-refractivity contribution in [1.29, 1.82) is 0 Å². The lowest BCUT2D eigenvalue weighted by atomic mass is 10.2. The highest BCUT2D eigenvalue weighted by Crippen LogP contribution is 2.41. The van der Waals surface area contributed by atoms with Crippen LogP contribution in [0.3, 0.4) is 0 Å². The molecule has 1 saturated heterocycles. The quantitative estimate of drug-likeness (QED) is 0.551. The van der Waals surface area contributed by atoms with Crippen LogP contribution in [-0.4, -0.2) is 57.0 Å². The zero-order valence-corrected chi connectivity index (χ0v) is 20.4. The number of aromatic amines is 1. The number of carboxylic acids is 1. The van der Waals surface area contributed by atoms with E-state index in [4.69, 9.17) is 9.16 Å². The fraction of sp³-hybridized carbons (Fsp3) is 0.650. The van der Waals surface area contributed by atoms with Gasteiger partial charge in [-0.2, -0.15) is 4.98 Å². The molecule has 3 atom stereocenters. The van der Waals surface area contributed by atoms with Gasteiger partial charge in [-0.15, -0.1) is 0 Å². The molecule has 0 bridgehead atoms. The lowest BCUT2D eigenvalue weighted by molar-refractivity contribution is -0.154. The fourth-order valence-electron chi connectivity index (χ4n) is 3.15. The van der Waals surface area contributed by atoms with Crippen molar-refractivity contribution in [3.8, 4) is 0 Å². The summed E-state index contributed by atoms with van der Waals surface area (Å²) in [4.78, 5) is 47.3. The normalized spacial score (nSPS) is 21.9. The summed E-state index contributed by atoms with van der Waals surface area (Å²) in [7, 11) is -2.26. The molecule has 2 aromatic rings. The van der Waals surface area contributed by atoms with Gasteiger partial charge in [-0.3, -0.25) is 24.5 Å². The van der Waals surface area contributed by atoms with E-state index in [9.17, 15) is 19.5 Å². The van der Waals surface area contributed by atoms with Crippen molar-refractivity contribution in [2.45, 2.75) is 77.6 Å². The first-order valence-electron chi connectivity index (χ1n) is 10.5. The number of rotatable bonds is 6. The maximum absolute atomic E-state index is 12.4. The number of ether oxygens (including phenoxy) is 1.